The zero-order valence-electron chi connectivity index (χ0n) is 7.72. The van der Waals surface area contributed by atoms with Crippen LogP contribution in [0.25, 0.3) is 0 Å². The third-order valence-corrected chi connectivity index (χ3v) is 2.53. The van der Waals surface area contributed by atoms with Crippen molar-refractivity contribution >= 4 is 0 Å². The molecule has 0 aliphatic carbocycles. The van der Waals surface area contributed by atoms with Gasteiger partial charge in [-0.25, -0.2) is 4.39 Å². The fourth-order valence-electron chi connectivity index (χ4n) is 1.88. The molecule has 0 fully saturated rings. The molecule has 0 saturated carbocycles. The van der Waals surface area contributed by atoms with Gasteiger partial charge in [0, 0.05) is 5.56 Å². The van der Waals surface area contributed by atoms with E-state index in [1.807, 2.05) is 13.0 Å². The predicted octanol–water partition coefficient (Wildman–Crippen LogP) is 2.85. The second-order valence-corrected chi connectivity index (χ2v) is 3.33. The van der Waals surface area contributed by atoms with Crippen molar-refractivity contribution in [1.29, 1.82) is 0 Å². The van der Waals surface area contributed by atoms with Crippen molar-refractivity contribution in [3.05, 3.63) is 35.1 Å². The van der Waals surface area contributed by atoms with Gasteiger partial charge in [0.15, 0.2) is 0 Å². The van der Waals surface area contributed by atoms with E-state index < -0.39 is 0 Å². The van der Waals surface area contributed by atoms with E-state index in [0.717, 1.165) is 30.6 Å². The number of rotatable bonds is 1. The Morgan fingerprint density at radius 1 is 1.54 bits per heavy atom. The van der Waals surface area contributed by atoms with Gasteiger partial charge in [0.25, 0.3) is 0 Å². The lowest BCUT2D eigenvalue weighted by atomic mass is 9.96. The van der Waals surface area contributed by atoms with Crippen LogP contribution in [-0.4, -0.2) is 6.61 Å². The summed E-state index contributed by atoms with van der Waals surface area (Å²) in [7, 11) is 0. The van der Waals surface area contributed by atoms with Crippen LogP contribution in [0.3, 0.4) is 0 Å². The van der Waals surface area contributed by atoms with Crippen LogP contribution < -0.4 is 0 Å². The van der Waals surface area contributed by atoms with E-state index in [1.54, 1.807) is 6.07 Å². The Hall–Kier alpha value is -0.890. The molecule has 0 radical (unpaired) electrons. The average molecular weight is 180 g/mol. The summed E-state index contributed by atoms with van der Waals surface area (Å²) in [6.45, 7) is 2.74. The van der Waals surface area contributed by atoms with Gasteiger partial charge in [0.05, 0.1) is 12.7 Å². The van der Waals surface area contributed by atoms with Crippen LogP contribution in [0.5, 0.6) is 0 Å². The standard InChI is InChI=1S/C11H13FO/c1-2-10-11-8(6-7-13-10)4-3-5-9(11)12/h3-5,10H,2,6-7H2,1H3. The SMILES string of the molecule is CCC1OCCc2cccc(F)c21. The molecule has 1 unspecified atom stereocenters. The number of halogens is 1. The maximum absolute atomic E-state index is 13.4. The van der Waals surface area contributed by atoms with Crippen LogP contribution in [0.2, 0.25) is 0 Å². The lowest BCUT2D eigenvalue weighted by molar-refractivity contribution is 0.0371. The van der Waals surface area contributed by atoms with Crippen molar-refractivity contribution in [2.24, 2.45) is 0 Å². The minimum absolute atomic E-state index is 0.0371. The van der Waals surface area contributed by atoms with E-state index >= 15 is 0 Å². The van der Waals surface area contributed by atoms with Gasteiger partial charge in [-0.05, 0) is 24.5 Å². The van der Waals surface area contributed by atoms with Crippen LogP contribution in [-0.2, 0) is 11.2 Å². The molecule has 70 valence electrons. The molecule has 0 aromatic heterocycles. The van der Waals surface area contributed by atoms with Crippen molar-refractivity contribution in [2.75, 3.05) is 6.61 Å². The van der Waals surface area contributed by atoms with E-state index in [0.29, 0.717) is 0 Å². The van der Waals surface area contributed by atoms with Crippen LogP contribution >= 0.6 is 0 Å². The molecule has 1 heterocycles. The summed E-state index contributed by atoms with van der Waals surface area (Å²) >= 11 is 0. The molecule has 1 aliphatic heterocycles. The molecule has 2 heteroatoms. The largest absolute Gasteiger partial charge is 0.373 e. The van der Waals surface area contributed by atoms with E-state index in [1.165, 1.54) is 6.07 Å². The maximum Gasteiger partial charge on any atom is 0.129 e. The summed E-state index contributed by atoms with van der Waals surface area (Å²) in [6.07, 6.45) is 1.64. The highest BCUT2D eigenvalue weighted by atomic mass is 19.1. The highest BCUT2D eigenvalue weighted by molar-refractivity contribution is 5.32. The summed E-state index contributed by atoms with van der Waals surface area (Å²) in [5, 5.41) is 0. The van der Waals surface area contributed by atoms with Crippen LogP contribution in [0.15, 0.2) is 18.2 Å². The molecule has 0 amide bonds. The molecule has 1 aromatic rings. The first-order valence-electron chi connectivity index (χ1n) is 4.71. The average Bonchev–Trinajstić information content (AvgIpc) is 2.17. The molecule has 13 heavy (non-hydrogen) atoms. The quantitative estimate of drug-likeness (QED) is 0.645. The Bertz CT molecular complexity index is 309. The summed E-state index contributed by atoms with van der Waals surface area (Å²) in [6, 6.07) is 5.27. The van der Waals surface area contributed by atoms with E-state index in [2.05, 4.69) is 0 Å². The second kappa shape index (κ2) is 3.46. The van der Waals surface area contributed by atoms with Gasteiger partial charge in [-0.1, -0.05) is 19.1 Å². The van der Waals surface area contributed by atoms with E-state index in [9.17, 15) is 4.39 Å². The van der Waals surface area contributed by atoms with Gasteiger partial charge in [-0.3, -0.25) is 0 Å². The minimum Gasteiger partial charge on any atom is -0.373 e. The topological polar surface area (TPSA) is 9.23 Å². The second-order valence-electron chi connectivity index (χ2n) is 3.33. The maximum atomic E-state index is 13.4. The zero-order valence-corrected chi connectivity index (χ0v) is 7.72. The van der Waals surface area contributed by atoms with Gasteiger partial charge >= 0.3 is 0 Å². The minimum atomic E-state index is -0.121. The first kappa shape index (κ1) is 8.70. The summed E-state index contributed by atoms with van der Waals surface area (Å²) in [5.74, 6) is -0.121. The summed E-state index contributed by atoms with van der Waals surface area (Å²) in [4.78, 5) is 0. The zero-order chi connectivity index (χ0) is 9.26. The van der Waals surface area contributed by atoms with Crippen molar-refractivity contribution in [2.45, 2.75) is 25.9 Å². The molecule has 0 bridgehead atoms. The number of ether oxygens (including phenoxy) is 1. The molecule has 1 aromatic carbocycles. The number of fused-ring (bicyclic) bond motifs is 1. The lowest BCUT2D eigenvalue weighted by Crippen LogP contribution is -2.17. The summed E-state index contributed by atoms with van der Waals surface area (Å²) in [5.41, 5.74) is 1.88. The van der Waals surface area contributed by atoms with Gasteiger partial charge in [-0.15, -0.1) is 0 Å². The highest BCUT2D eigenvalue weighted by Crippen LogP contribution is 2.31. The molecular weight excluding hydrogens is 167 g/mol. The number of hydrogen-bond donors (Lipinski definition) is 0. The smallest absolute Gasteiger partial charge is 0.129 e. The Labute approximate surface area is 77.5 Å². The first-order chi connectivity index (χ1) is 6.33. The van der Waals surface area contributed by atoms with Gasteiger partial charge < -0.3 is 4.74 Å². The Balaban J connectivity index is 2.47. The number of hydrogen-bond acceptors (Lipinski definition) is 1. The third-order valence-electron chi connectivity index (χ3n) is 2.53. The van der Waals surface area contributed by atoms with Crippen LogP contribution in [0.4, 0.5) is 4.39 Å². The fourth-order valence-corrected chi connectivity index (χ4v) is 1.88. The first-order valence-corrected chi connectivity index (χ1v) is 4.71. The Kier molecular flexibility index (Phi) is 2.32. The molecule has 2 rings (SSSR count). The van der Waals surface area contributed by atoms with Crippen molar-refractivity contribution < 1.29 is 9.13 Å². The summed E-state index contributed by atoms with van der Waals surface area (Å²) < 4.78 is 18.9. The van der Waals surface area contributed by atoms with Crippen LogP contribution in [0.1, 0.15) is 30.6 Å². The molecular formula is C11H13FO. The highest BCUT2D eigenvalue weighted by Gasteiger charge is 2.22. The predicted molar refractivity (Wildman–Crippen MR) is 49.1 cm³/mol. The fraction of sp³-hybridized carbons (Fsp3) is 0.455. The molecule has 0 N–H and O–H groups in total. The van der Waals surface area contributed by atoms with Crippen molar-refractivity contribution in [3.8, 4) is 0 Å². The molecule has 1 atom stereocenters. The van der Waals surface area contributed by atoms with Crippen molar-refractivity contribution in [3.63, 3.8) is 0 Å². The lowest BCUT2D eigenvalue weighted by Gasteiger charge is -2.25. The molecule has 0 spiro atoms. The van der Waals surface area contributed by atoms with Crippen molar-refractivity contribution in [1.82, 2.24) is 0 Å². The Morgan fingerprint density at radius 3 is 3.15 bits per heavy atom. The third kappa shape index (κ3) is 1.46. The monoisotopic (exact) mass is 180 g/mol. The van der Waals surface area contributed by atoms with E-state index in [-0.39, 0.29) is 11.9 Å². The van der Waals surface area contributed by atoms with Gasteiger partial charge in [-0.2, -0.15) is 0 Å². The normalized spacial score (nSPS) is 21.2. The Morgan fingerprint density at radius 2 is 2.38 bits per heavy atom. The van der Waals surface area contributed by atoms with Gasteiger partial charge in [0.1, 0.15) is 5.82 Å². The molecule has 1 nitrogen and oxygen atoms in total. The van der Waals surface area contributed by atoms with Gasteiger partial charge in [0.2, 0.25) is 0 Å². The number of benzene rings is 1. The molecule has 1 aliphatic rings. The van der Waals surface area contributed by atoms with E-state index in [4.69, 9.17) is 4.74 Å². The molecule has 0 saturated heterocycles. The van der Waals surface area contributed by atoms with Crippen LogP contribution in [0, 0.1) is 5.82 Å².